The molecule has 3 heteroatoms. The van der Waals surface area contributed by atoms with Crippen LogP contribution in [0.15, 0.2) is 18.2 Å². The van der Waals surface area contributed by atoms with E-state index >= 15 is 0 Å². The molecule has 2 rings (SSSR count). The predicted octanol–water partition coefficient (Wildman–Crippen LogP) is 2.38. The Bertz CT molecular complexity index is 374. The molecule has 1 N–H and O–H groups in total. The number of ether oxygens (including phenoxy) is 1. The lowest BCUT2D eigenvalue weighted by molar-refractivity contribution is 0.380. The van der Waals surface area contributed by atoms with E-state index in [2.05, 4.69) is 5.32 Å². The zero-order valence-corrected chi connectivity index (χ0v) is 9.85. The maximum atomic E-state index is 13.9. The van der Waals surface area contributed by atoms with Gasteiger partial charge in [0.05, 0.1) is 7.11 Å². The Morgan fingerprint density at radius 1 is 1.44 bits per heavy atom. The molecule has 0 saturated heterocycles. The Morgan fingerprint density at radius 2 is 2.19 bits per heavy atom. The van der Waals surface area contributed by atoms with Crippen LogP contribution in [0.25, 0.3) is 0 Å². The summed E-state index contributed by atoms with van der Waals surface area (Å²) in [5.41, 5.74) is 1.05. The third-order valence-corrected chi connectivity index (χ3v) is 3.34. The summed E-state index contributed by atoms with van der Waals surface area (Å²) in [4.78, 5) is 0. The average molecular weight is 223 g/mol. The minimum absolute atomic E-state index is 0.202. The maximum absolute atomic E-state index is 13.9. The minimum atomic E-state index is -0.202. The van der Waals surface area contributed by atoms with E-state index in [0.717, 1.165) is 18.5 Å². The SMILES string of the molecule is CNCC1(Cc2cccc(OC)c2F)CC1. The number of nitrogens with one attached hydrogen (secondary N) is 1. The van der Waals surface area contributed by atoms with Gasteiger partial charge in [-0.05, 0) is 43.4 Å². The zero-order valence-electron chi connectivity index (χ0n) is 9.85. The van der Waals surface area contributed by atoms with E-state index in [1.165, 1.54) is 20.0 Å². The van der Waals surface area contributed by atoms with Crippen molar-refractivity contribution in [3.8, 4) is 5.75 Å². The van der Waals surface area contributed by atoms with Crippen LogP contribution >= 0.6 is 0 Å². The molecule has 0 radical (unpaired) electrons. The first-order chi connectivity index (χ1) is 7.71. The summed E-state index contributed by atoms with van der Waals surface area (Å²) < 4.78 is 18.9. The molecule has 1 saturated carbocycles. The highest BCUT2D eigenvalue weighted by Crippen LogP contribution is 2.48. The van der Waals surface area contributed by atoms with Crippen LogP contribution in [0.5, 0.6) is 5.75 Å². The molecule has 0 amide bonds. The van der Waals surface area contributed by atoms with Gasteiger partial charge < -0.3 is 10.1 Å². The second-order valence-corrected chi connectivity index (χ2v) is 4.64. The molecular weight excluding hydrogens is 205 g/mol. The van der Waals surface area contributed by atoms with Crippen molar-refractivity contribution in [2.24, 2.45) is 5.41 Å². The first-order valence-corrected chi connectivity index (χ1v) is 5.67. The van der Waals surface area contributed by atoms with Crippen molar-refractivity contribution in [3.05, 3.63) is 29.6 Å². The molecule has 1 fully saturated rings. The Balaban J connectivity index is 2.15. The molecule has 0 aromatic heterocycles. The highest BCUT2D eigenvalue weighted by atomic mass is 19.1. The monoisotopic (exact) mass is 223 g/mol. The Morgan fingerprint density at radius 3 is 2.75 bits per heavy atom. The van der Waals surface area contributed by atoms with Gasteiger partial charge in [-0.3, -0.25) is 0 Å². The number of hydrogen-bond donors (Lipinski definition) is 1. The fourth-order valence-electron chi connectivity index (χ4n) is 2.22. The molecule has 0 heterocycles. The van der Waals surface area contributed by atoms with Gasteiger partial charge in [-0.1, -0.05) is 12.1 Å². The first kappa shape index (κ1) is 11.4. The van der Waals surface area contributed by atoms with Crippen molar-refractivity contribution in [1.29, 1.82) is 0 Å². The highest BCUT2D eigenvalue weighted by molar-refractivity contribution is 5.32. The Kier molecular flexibility index (Phi) is 3.15. The molecule has 16 heavy (non-hydrogen) atoms. The molecule has 0 aliphatic heterocycles. The molecule has 0 spiro atoms. The van der Waals surface area contributed by atoms with Crippen LogP contribution in [0.2, 0.25) is 0 Å². The molecule has 1 aromatic carbocycles. The van der Waals surface area contributed by atoms with E-state index in [9.17, 15) is 4.39 Å². The summed E-state index contributed by atoms with van der Waals surface area (Å²) in [6.07, 6.45) is 3.17. The lowest BCUT2D eigenvalue weighted by atomic mass is 9.96. The van der Waals surface area contributed by atoms with Crippen molar-refractivity contribution in [3.63, 3.8) is 0 Å². The van der Waals surface area contributed by atoms with Gasteiger partial charge in [-0.25, -0.2) is 4.39 Å². The van der Waals surface area contributed by atoms with Crippen molar-refractivity contribution >= 4 is 0 Å². The van der Waals surface area contributed by atoms with Gasteiger partial charge in [0.15, 0.2) is 11.6 Å². The Hall–Kier alpha value is -1.09. The molecule has 1 aliphatic rings. The number of rotatable bonds is 5. The second kappa shape index (κ2) is 4.42. The molecule has 0 unspecified atom stereocenters. The van der Waals surface area contributed by atoms with Gasteiger partial charge in [0.2, 0.25) is 0 Å². The third kappa shape index (κ3) is 2.19. The number of halogens is 1. The van der Waals surface area contributed by atoms with Gasteiger partial charge in [0, 0.05) is 6.54 Å². The summed E-state index contributed by atoms with van der Waals surface area (Å²) in [5.74, 6) is 0.144. The van der Waals surface area contributed by atoms with Gasteiger partial charge in [-0.15, -0.1) is 0 Å². The topological polar surface area (TPSA) is 21.3 Å². The molecule has 1 aromatic rings. The van der Waals surface area contributed by atoms with E-state index in [4.69, 9.17) is 4.74 Å². The van der Waals surface area contributed by atoms with Gasteiger partial charge >= 0.3 is 0 Å². The standard InChI is InChI=1S/C13H18FNO/c1-15-9-13(6-7-13)8-10-4-3-5-11(16-2)12(10)14/h3-5,15H,6-9H2,1-2H3. The molecule has 88 valence electrons. The lowest BCUT2D eigenvalue weighted by Gasteiger charge is -2.15. The van der Waals surface area contributed by atoms with Crippen LogP contribution < -0.4 is 10.1 Å². The zero-order chi connectivity index (χ0) is 11.6. The summed E-state index contributed by atoms with van der Waals surface area (Å²) >= 11 is 0. The van der Waals surface area contributed by atoms with Crippen molar-refractivity contribution in [1.82, 2.24) is 5.32 Å². The van der Waals surface area contributed by atoms with E-state index in [1.807, 2.05) is 19.2 Å². The van der Waals surface area contributed by atoms with Gasteiger partial charge in [0.25, 0.3) is 0 Å². The normalized spacial score (nSPS) is 17.2. The molecule has 0 atom stereocenters. The smallest absolute Gasteiger partial charge is 0.168 e. The quantitative estimate of drug-likeness (QED) is 0.827. The second-order valence-electron chi connectivity index (χ2n) is 4.64. The van der Waals surface area contributed by atoms with Crippen LogP contribution in [-0.4, -0.2) is 20.7 Å². The molecule has 1 aliphatic carbocycles. The van der Waals surface area contributed by atoms with E-state index < -0.39 is 0 Å². The summed E-state index contributed by atoms with van der Waals surface area (Å²) in [6, 6.07) is 5.37. The van der Waals surface area contributed by atoms with E-state index in [0.29, 0.717) is 5.75 Å². The van der Waals surface area contributed by atoms with Crippen molar-refractivity contribution < 1.29 is 9.13 Å². The van der Waals surface area contributed by atoms with Crippen LogP contribution in [0.1, 0.15) is 18.4 Å². The third-order valence-electron chi connectivity index (χ3n) is 3.34. The van der Waals surface area contributed by atoms with Crippen LogP contribution in [0.4, 0.5) is 4.39 Å². The maximum Gasteiger partial charge on any atom is 0.168 e. The number of hydrogen-bond acceptors (Lipinski definition) is 2. The highest BCUT2D eigenvalue weighted by Gasteiger charge is 2.42. The fourth-order valence-corrected chi connectivity index (χ4v) is 2.22. The summed E-state index contributed by atoms with van der Waals surface area (Å²) in [6.45, 7) is 0.962. The molecule has 0 bridgehead atoms. The molecular formula is C13H18FNO. The minimum Gasteiger partial charge on any atom is -0.494 e. The molecule has 2 nitrogen and oxygen atoms in total. The first-order valence-electron chi connectivity index (χ1n) is 5.67. The summed E-state index contributed by atoms with van der Waals surface area (Å²) in [7, 11) is 3.45. The average Bonchev–Trinajstić information content (AvgIpc) is 3.02. The lowest BCUT2D eigenvalue weighted by Crippen LogP contribution is -2.22. The van der Waals surface area contributed by atoms with E-state index in [1.54, 1.807) is 6.07 Å². The fraction of sp³-hybridized carbons (Fsp3) is 0.538. The number of methoxy groups -OCH3 is 1. The van der Waals surface area contributed by atoms with Crippen molar-refractivity contribution in [2.45, 2.75) is 19.3 Å². The van der Waals surface area contributed by atoms with Crippen molar-refractivity contribution in [2.75, 3.05) is 20.7 Å². The van der Waals surface area contributed by atoms with Crippen LogP contribution in [0.3, 0.4) is 0 Å². The van der Waals surface area contributed by atoms with Crippen LogP contribution in [0, 0.1) is 11.2 Å². The Labute approximate surface area is 95.8 Å². The largest absolute Gasteiger partial charge is 0.494 e. The number of benzene rings is 1. The predicted molar refractivity (Wildman–Crippen MR) is 62.2 cm³/mol. The summed E-state index contributed by atoms with van der Waals surface area (Å²) in [5, 5.41) is 3.19. The van der Waals surface area contributed by atoms with E-state index in [-0.39, 0.29) is 11.2 Å². The van der Waals surface area contributed by atoms with Gasteiger partial charge in [-0.2, -0.15) is 0 Å². The van der Waals surface area contributed by atoms with Crippen LogP contribution in [-0.2, 0) is 6.42 Å². The van der Waals surface area contributed by atoms with Gasteiger partial charge in [0.1, 0.15) is 0 Å².